The molecule has 3 aromatic heterocycles. The summed E-state index contributed by atoms with van der Waals surface area (Å²) in [5, 5.41) is 17.1. The van der Waals surface area contributed by atoms with Crippen molar-refractivity contribution in [3.63, 3.8) is 0 Å². The van der Waals surface area contributed by atoms with Gasteiger partial charge in [-0.15, -0.1) is 0 Å². The fourth-order valence-electron chi connectivity index (χ4n) is 2.69. The van der Waals surface area contributed by atoms with Gasteiger partial charge in [0.05, 0.1) is 22.2 Å². The highest BCUT2D eigenvalue weighted by Crippen LogP contribution is 2.31. The van der Waals surface area contributed by atoms with Crippen LogP contribution in [0.5, 0.6) is 0 Å². The molecular weight excluding hydrogens is 385 g/mol. The lowest BCUT2D eigenvalue weighted by Gasteiger charge is -2.07. The second-order valence-corrected chi connectivity index (χ2v) is 6.16. The van der Waals surface area contributed by atoms with Crippen molar-refractivity contribution in [2.24, 2.45) is 0 Å². The number of fused-ring (bicyclic) bond motifs is 1. The Morgan fingerprint density at radius 2 is 2.00 bits per heavy atom. The monoisotopic (exact) mass is 395 g/mol. The Labute approximate surface area is 162 Å². The zero-order chi connectivity index (χ0) is 19.8. The molecule has 0 fully saturated rings. The third-order valence-electron chi connectivity index (χ3n) is 3.87. The van der Waals surface area contributed by atoms with Crippen LogP contribution < -0.4 is 16.8 Å². The SMILES string of the molecule is N#Cc1cc(N)cc(Cl)c1-n1cc2c(Nc3cc(N)ncn3)ncc(F)c2n1. The number of nitrogens with one attached hydrogen (secondary N) is 1. The van der Waals surface area contributed by atoms with Crippen molar-refractivity contribution in [1.29, 1.82) is 5.26 Å². The van der Waals surface area contributed by atoms with Crippen LogP contribution in [0.15, 0.2) is 36.9 Å². The van der Waals surface area contributed by atoms with Gasteiger partial charge < -0.3 is 16.8 Å². The number of nitrogen functional groups attached to an aromatic ring is 2. The molecule has 5 N–H and O–H groups in total. The lowest BCUT2D eigenvalue weighted by molar-refractivity contribution is 0.629. The lowest BCUT2D eigenvalue weighted by atomic mass is 10.1. The Kier molecular flexibility index (Phi) is 4.14. The molecule has 4 rings (SSSR count). The topological polar surface area (TPSA) is 144 Å². The number of nitrogens with zero attached hydrogens (tertiary/aromatic N) is 6. The molecule has 138 valence electrons. The Hall–Kier alpha value is -3.97. The van der Waals surface area contributed by atoms with E-state index in [4.69, 9.17) is 23.1 Å². The molecule has 0 saturated carbocycles. The molecule has 28 heavy (non-hydrogen) atoms. The normalized spacial score (nSPS) is 10.8. The summed E-state index contributed by atoms with van der Waals surface area (Å²) in [6.45, 7) is 0. The standard InChI is InChI=1S/C17H11ClFN9/c18-11-2-9(21)1-8(4-20)16(11)28-6-10-15(27-28)12(19)5-23-17(10)26-14-3-13(22)24-7-25-14/h1-3,5-7H,21H2,(H3,22,23,24,25,26). The second kappa shape index (κ2) is 6.64. The zero-order valence-corrected chi connectivity index (χ0v) is 14.8. The van der Waals surface area contributed by atoms with Gasteiger partial charge in [0.25, 0.3) is 0 Å². The third kappa shape index (κ3) is 3.00. The number of hydrogen-bond donors (Lipinski definition) is 3. The van der Waals surface area contributed by atoms with Gasteiger partial charge in [-0.3, -0.25) is 0 Å². The van der Waals surface area contributed by atoms with E-state index in [1.807, 2.05) is 6.07 Å². The largest absolute Gasteiger partial charge is 0.399 e. The van der Waals surface area contributed by atoms with E-state index in [9.17, 15) is 9.65 Å². The number of hydrogen-bond acceptors (Lipinski definition) is 8. The summed E-state index contributed by atoms with van der Waals surface area (Å²) < 4.78 is 15.6. The van der Waals surface area contributed by atoms with E-state index in [1.165, 1.54) is 35.4 Å². The lowest BCUT2D eigenvalue weighted by Crippen LogP contribution is -2.01. The highest BCUT2D eigenvalue weighted by atomic mass is 35.5. The number of halogens is 2. The smallest absolute Gasteiger partial charge is 0.169 e. The summed E-state index contributed by atoms with van der Waals surface area (Å²) in [5.41, 5.74) is 12.2. The van der Waals surface area contributed by atoms with Crippen LogP contribution in [0.2, 0.25) is 5.02 Å². The van der Waals surface area contributed by atoms with E-state index < -0.39 is 5.82 Å². The van der Waals surface area contributed by atoms with E-state index in [0.717, 1.165) is 6.20 Å². The number of anilines is 4. The molecule has 1 aromatic carbocycles. The first-order chi connectivity index (χ1) is 13.5. The van der Waals surface area contributed by atoms with Gasteiger partial charge in [0.15, 0.2) is 5.82 Å². The van der Waals surface area contributed by atoms with E-state index in [0.29, 0.717) is 22.7 Å². The van der Waals surface area contributed by atoms with Gasteiger partial charge in [-0.1, -0.05) is 11.6 Å². The van der Waals surface area contributed by atoms with Gasteiger partial charge in [-0.2, -0.15) is 10.4 Å². The Balaban J connectivity index is 1.88. The molecule has 4 aromatic rings. The molecule has 0 atom stereocenters. The van der Waals surface area contributed by atoms with Crippen LogP contribution in [0, 0.1) is 17.1 Å². The van der Waals surface area contributed by atoms with Crippen molar-refractivity contribution in [3.8, 4) is 11.8 Å². The summed E-state index contributed by atoms with van der Waals surface area (Å²) in [6, 6.07) is 6.47. The van der Waals surface area contributed by atoms with E-state index in [-0.39, 0.29) is 27.6 Å². The van der Waals surface area contributed by atoms with Crippen LogP contribution in [0.4, 0.5) is 27.5 Å². The maximum absolute atomic E-state index is 14.3. The molecule has 9 nitrogen and oxygen atoms in total. The Morgan fingerprint density at radius 3 is 2.75 bits per heavy atom. The van der Waals surface area contributed by atoms with Crippen LogP contribution in [0.25, 0.3) is 16.6 Å². The van der Waals surface area contributed by atoms with Crippen molar-refractivity contribution in [2.45, 2.75) is 0 Å². The molecule has 0 bridgehead atoms. The van der Waals surface area contributed by atoms with Crippen LogP contribution in [-0.2, 0) is 0 Å². The Morgan fingerprint density at radius 1 is 1.18 bits per heavy atom. The fraction of sp³-hybridized carbons (Fsp3) is 0. The third-order valence-corrected chi connectivity index (χ3v) is 4.16. The molecule has 0 saturated heterocycles. The number of benzene rings is 1. The van der Waals surface area contributed by atoms with Crippen LogP contribution in [-0.4, -0.2) is 24.7 Å². The zero-order valence-electron chi connectivity index (χ0n) is 14.1. The molecular formula is C17H11ClFN9. The average molecular weight is 396 g/mol. The molecule has 0 aliphatic rings. The summed E-state index contributed by atoms with van der Waals surface area (Å²) in [4.78, 5) is 11.9. The number of nitrogens with two attached hydrogens (primary N) is 2. The molecule has 3 heterocycles. The van der Waals surface area contributed by atoms with Crippen LogP contribution in [0.1, 0.15) is 5.56 Å². The highest BCUT2D eigenvalue weighted by Gasteiger charge is 2.17. The predicted molar refractivity (Wildman–Crippen MR) is 103 cm³/mol. The van der Waals surface area contributed by atoms with Crippen LogP contribution in [0.3, 0.4) is 0 Å². The van der Waals surface area contributed by atoms with Crippen LogP contribution >= 0.6 is 11.6 Å². The Bertz CT molecular complexity index is 1260. The number of rotatable bonds is 3. The van der Waals surface area contributed by atoms with E-state index in [1.54, 1.807) is 0 Å². The maximum atomic E-state index is 14.3. The molecule has 0 aliphatic carbocycles. The van der Waals surface area contributed by atoms with Crippen molar-refractivity contribution < 1.29 is 4.39 Å². The highest BCUT2D eigenvalue weighted by molar-refractivity contribution is 6.33. The molecule has 0 radical (unpaired) electrons. The average Bonchev–Trinajstić information content (AvgIpc) is 3.09. The molecule has 0 unspecified atom stereocenters. The summed E-state index contributed by atoms with van der Waals surface area (Å²) >= 11 is 6.25. The van der Waals surface area contributed by atoms with Gasteiger partial charge in [0, 0.05) is 18.0 Å². The van der Waals surface area contributed by atoms with Crippen molar-refractivity contribution in [3.05, 3.63) is 53.3 Å². The number of pyridine rings is 1. The summed E-state index contributed by atoms with van der Waals surface area (Å²) in [5.74, 6) is 0.306. The van der Waals surface area contributed by atoms with Gasteiger partial charge >= 0.3 is 0 Å². The molecule has 0 amide bonds. The maximum Gasteiger partial charge on any atom is 0.169 e. The van der Waals surface area contributed by atoms with Crippen molar-refractivity contribution >= 4 is 45.6 Å². The first kappa shape index (κ1) is 17.4. The van der Waals surface area contributed by atoms with E-state index in [2.05, 4.69) is 25.4 Å². The molecule has 11 heteroatoms. The number of nitriles is 1. The summed E-state index contributed by atoms with van der Waals surface area (Å²) in [7, 11) is 0. The van der Waals surface area contributed by atoms with Gasteiger partial charge in [0.1, 0.15) is 41.1 Å². The quantitative estimate of drug-likeness (QED) is 0.449. The molecule has 0 aliphatic heterocycles. The first-order valence-electron chi connectivity index (χ1n) is 7.84. The fourth-order valence-corrected chi connectivity index (χ4v) is 3.00. The van der Waals surface area contributed by atoms with Crippen molar-refractivity contribution in [2.75, 3.05) is 16.8 Å². The van der Waals surface area contributed by atoms with Gasteiger partial charge in [0.2, 0.25) is 0 Å². The van der Waals surface area contributed by atoms with Crippen molar-refractivity contribution in [1.82, 2.24) is 24.7 Å². The molecule has 0 spiro atoms. The minimum atomic E-state index is -0.633. The predicted octanol–water partition coefficient (Wildman–Crippen LogP) is 2.78. The van der Waals surface area contributed by atoms with E-state index >= 15 is 0 Å². The summed E-state index contributed by atoms with van der Waals surface area (Å²) in [6.07, 6.45) is 3.83. The minimum Gasteiger partial charge on any atom is -0.399 e. The van der Waals surface area contributed by atoms with Gasteiger partial charge in [-0.05, 0) is 12.1 Å². The van der Waals surface area contributed by atoms with Gasteiger partial charge in [-0.25, -0.2) is 24.0 Å². The first-order valence-corrected chi connectivity index (χ1v) is 8.22. The minimum absolute atomic E-state index is 0.0382. The second-order valence-electron chi connectivity index (χ2n) is 5.75. The number of aromatic nitrogens is 5.